The number of rotatable bonds is 7. The molecule has 0 bridgehead atoms. The number of carbonyl (C=O) groups is 1. The lowest BCUT2D eigenvalue weighted by atomic mass is 10.3. The predicted molar refractivity (Wildman–Crippen MR) is 84.3 cm³/mol. The number of hydrogen-bond acceptors (Lipinski definition) is 4. The van der Waals surface area contributed by atoms with E-state index in [2.05, 4.69) is 17.3 Å². The predicted octanol–water partition coefficient (Wildman–Crippen LogP) is 2.53. The Morgan fingerprint density at radius 2 is 1.86 bits per heavy atom. The summed E-state index contributed by atoms with van der Waals surface area (Å²) < 4.78 is 12.6. The quantitative estimate of drug-likeness (QED) is 0.853. The van der Waals surface area contributed by atoms with E-state index in [4.69, 9.17) is 9.47 Å². The molecule has 0 spiro atoms. The van der Waals surface area contributed by atoms with Crippen molar-refractivity contribution in [3.05, 3.63) is 36.0 Å². The molecule has 1 N–H and O–H groups in total. The minimum absolute atomic E-state index is 0.0562. The highest BCUT2D eigenvalue weighted by Crippen LogP contribution is 2.17. The van der Waals surface area contributed by atoms with Crippen LogP contribution in [0.25, 0.3) is 0 Å². The van der Waals surface area contributed by atoms with Crippen LogP contribution in [0.4, 0.5) is 5.82 Å². The summed E-state index contributed by atoms with van der Waals surface area (Å²) >= 11 is 0. The first-order valence-corrected chi connectivity index (χ1v) is 7.24. The Morgan fingerprint density at radius 3 is 2.41 bits per heavy atom. The number of nitrogens with zero attached hydrogens (tertiary/aromatic N) is 2. The summed E-state index contributed by atoms with van der Waals surface area (Å²) in [7, 11) is 1.78. The number of nitrogens with one attached hydrogen (secondary N) is 1. The minimum Gasteiger partial charge on any atom is -0.494 e. The first-order valence-electron chi connectivity index (χ1n) is 7.24. The van der Waals surface area contributed by atoms with E-state index in [1.165, 1.54) is 0 Å². The summed E-state index contributed by atoms with van der Waals surface area (Å²) in [5, 5.41) is 6.92. The summed E-state index contributed by atoms with van der Waals surface area (Å²) in [5.41, 5.74) is 0.849. The van der Waals surface area contributed by atoms with Gasteiger partial charge in [-0.2, -0.15) is 5.10 Å². The van der Waals surface area contributed by atoms with E-state index in [9.17, 15) is 4.79 Å². The molecule has 6 nitrogen and oxygen atoms in total. The van der Waals surface area contributed by atoms with E-state index in [1.807, 2.05) is 19.1 Å². The van der Waals surface area contributed by atoms with Gasteiger partial charge in [-0.15, -0.1) is 0 Å². The Balaban J connectivity index is 1.82. The Labute approximate surface area is 130 Å². The normalized spacial score (nSPS) is 10.3. The fourth-order valence-electron chi connectivity index (χ4n) is 1.91. The topological polar surface area (TPSA) is 65.4 Å². The van der Waals surface area contributed by atoms with Gasteiger partial charge in [0.1, 0.15) is 17.3 Å². The Hall–Kier alpha value is -2.50. The fourth-order valence-corrected chi connectivity index (χ4v) is 1.91. The zero-order valence-electron chi connectivity index (χ0n) is 13.1. The number of carbonyl (C=O) groups excluding carboxylic acids is 1. The maximum atomic E-state index is 11.9. The molecule has 0 aliphatic rings. The van der Waals surface area contributed by atoms with E-state index in [0.717, 1.165) is 17.9 Å². The molecule has 0 radical (unpaired) electrons. The van der Waals surface area contributed by atoms with E-state index < -0.39 is 0 Å². The van der Waals surface area contributed by atoms with Crippen LogP contribution < -0.4 is 14.8 Å². The van der Waals surface area contributed by atoms with Crippen LogP contribution >= 0.6 is 0 Å². The minimum atomic E-state index is -0.227. The highest BCUT2D eigenvalue weighted by Gasteiger charge is 2.08. The largest absolute Gasteiger partial charge is 0.494 e. The van der Waals surface area contributed by atoms with Crippen molar-refractivity contribution in [2.45, 2.75) is 20.3 Å². The monoisotopic (exact) mass is 303 g/mol. The number of ether oxygens (including phenoxy) is 2. The summed E-state index contributed by atoms with van der Waals surface area (Å²) in [6.45, 7) is 4.56. The number of aryl methyl sites for hydroxylation is 2. The molecule has 1 aromatic heterocycles. The first kappa shape index (κ1) is 15.9. The number of benzene rings is 1. The van der Waals surface area contributed by atoms with Crippen molar-refractivity contribution in [1.29, 1.82) is 0 Å². The van der Waals surface area contributed by atoms with Crippen molar-refractivity contribution in [2.24, 2.45) is 7.05 Å². The third-order valence-corrected chi connectivity index (χ3v) is 2.94. The molecule has 0 aliphatic carbocycles. The van der Waals surface area contributed by atoms with E-state index in [0.29, 0.717) is 18.2 Å². The van der Waals surface area contributed by atoms with Gasteiger partial charge in [0, 0.05) is 13.1 Å². The van der Waals surface area contributed by atoms with Crippen LogP contribution in [-0.4, -0.2) is 28.9 Å². The maximum Gasteiger partial charge on any atom is 0.263 e. The van der Waals surface area contributed by atoms with Crippen molar-refractivity contribution in [1.82, 2.24) is 9.78 Å². The van der Waals surface area contributed by atoms with Gasteiger partial charge in [0.05, 0.1) is 12.3 Å². The van der Waals surface area contributed by atoms with Crippen LogP contribution in [0.3, 0.4) is 0 Å². The Kier molecular flexibility index (Phi) is 5.41. The summed E-state index contributed by atoms with van der Waals surface area (Å²) in [6, 6.07) is 9.03. The van der Waals surface area contributed by atoms with E-state index in [-0.39, 0.29) is 12.5 Å². The molecule has 1 aromatic carbocycles. The molecule has 1 heterocycles. The second kappa shape index (κ2) is 7.49. The number of hydrogen-bond donors (Lipinski definition) is 1. The SMILES string of the molecule is CCCOc1ccc(OCC(=O)Nc2cc(C)nn2C)cc1. The van der Waals surface area contributed by atoms with Crippen molar-refractivity contribution in [2.75, 3.05) is 18.5 Å². The molecule has 0 saturated carbocycles. The average Bonchev–Trinajstić information content (AvgIpc) is 2.81. The number of amides is 1. The Bertz CT molecular complexity index is 620. The zero-order chi connectivity index (χ0) is 15.9. The van der Waals surface area contributed by atoms with Crippen LogP contribution in [-0.2, 0) is 11.8 Å². The zero-order valence-corrected chi connectivity index (χ0v) is 13.1. The smallest absolute Gasteiger partial charge is 0.263 e. The highest BCUT2D eigenvalue weighted by atomic mass is 16.5. The van der Waals surface area contributed by atoms with Gasteiger partial charge in [-0.3, -0.25) is 9.48 Å². The molecule has 0 fully saturated rings. The molecule has 1 amide bonds. The molecular formula is C16H21N3O3. The summed E-state index contributed by atoms with van der Waals surface area (Å²) in [4.78, 5) is 11.9. The van der Waals surface area contributed by atoms with Gasteiger partial charge in [0.15, 0.2) is 6.61 Å². The third kappa shape index (κ3) is 4.51. The lowest BCUT2D eigenvalue weighted by Crippen LogP contribution is -2.21. The molecule has 118 valence electrons. The number of aromatic nitrogens is 2. The molecule has 0 aliphatic heterocycles. The van der Waals surface area contributed by atoms with Crippen molar-refractivity contribution < 1.29 is 14.3 Å². The van der Waals surface area contributed by atoms with Crippen LogP contribution in [0.5, 0.6) is 11.5 Å². The lowest BCUT2D eigenvalue weighted by Gasteiger charge is -2.08. The fraction of sp³-hybridized carbons (Fsp3) is 0.375. The van der Waals surface area contributed by atoms with E-state index >= 15 is 0 Å². The molecule has 0 atom stereocenters. The molecule has 6 heteroatoms. The van der Waals surface area contributed by atoms with Crippen molar-refractivity contribution in [3.8, 4) is 11.5 Å². The molecule has 2 rings (SSSR count). The molecule has 22 heavy (non-hydrogen) atoms. The van der Waals surface area contributed by atoms with Crippen LogP contribution in [0.1, 0.15) is 19.0 Å². The highest BCUT2D eigenvalue weighted by molar-refractivity contribution is 5.91. The van der Waals surface area contributed by atoms with Gasteiger partial charge in [0.25, 0.3) is 5.91 Å². The van der Waals surface area contributed by atoms with Gasteiger partial charge >= 0.3 is 0 Å². The van der Waals surface area contributed by atoms with Crippen LogP contribution in [0, 0.1) is 6.92 Å². The molecule has 0 saturated heterocycles. The van der Waals surface area contributed by atoms with Crippen LogP contribution in [0.2, 0.25) is 0 Å². The average molecular weight is 303 g/mol. The molecule has 2 aromatic rings. The molecule has 0 unspecified atom stereocenters. The summed E-state index contributed by atoms with van der Waals surface area (Å²) in [5.74, 6) is 1.84. The van der Waals surface area contributed by atoms with Gasteiger partial charge in [-0.1, -0.05) is 6.92 Å². The van der Waals surface area contributed by atoms with Crippen LogP contribution in [0.15, 0.2) is 30.3 Å². The third-order valence-electron chi connectivity index (χ3n) is 2.94. The number of anilines is 1. The second-order valence-corrected chi connectivity index (χ2v) is 4.95. The van der Waals surface area contributed by atoms with Gasteiger partial charge < -0.3 is 14.8 Å². The maximum absolute atomic E-state index is 11.9. The first-order chi connectivity index (χ1) is 10.6. The lowest BCUT2D eigenvalue weighted by molar-refractivity contribution is -0.118. The Morgan fingerprint density at radius 1 is 1.23 bits per heavy atom. The van der Waals surface area contributed by atoms with Gasteiger partial charge in [-0.05, 0) is 37.6 Å². The van der Waals surface area contributed by atoms with Gasteiger partial charge in [0.2, 0.25) is 0 Å². The summed E-state index contributed by atoms with van der Waals surface area (Å²) in [6.07, 6.45) is 0.964. The molecular weight excluding hydrogens is 282 g/mol. The second-order valence-electron chi connectivity index (χ2n) is 4.95. The van der Waals surface area contributed by atoms with Gasteiger partial charge in [-0.25, -0.2) is 0 Å². The van der Waals surface area contributed by atoms with E-state index in [1.54, 1.807) is 29.9 Å². The van der Waals surface area contributed by atoms with Crippen molar-refractivity contribution in [3.63, 3.8) is 0 Å². The van der Waals surface area contributed by atoms with Crippen molar-refractivity contribution >= 4 is 11.7 Å². The standard InChI is InChI=1S/C16H21N3O3/c1-4-9-21-13-5-7-14(8-6-13)22-11-16(20)17-15-10-12(2)18-19(15)3/h5-8,10H,4,9,11H2,1-3H3,(H,17,20).